The zero-order valence-corrected chi connectivity index (χ0v) is 27.9. The molecule has 0 saturated heterocycles. The van der Waals surface area contributed by atoms with Crippen LogP contribution in [0.25, 0.3) is 0 Å². The number of benzene rings is 3. The van der Waals surface area contributed by atoms with Gasteiger partial charge in [0.2, 0.25) is 0 Å². The fourth-order valence-electron chi connectivity index (χ4n) is 4.82. The van der Waals surface area contributed by atoms with Gasteiger partial charge >= 0.3 is 18.0 Å². The number of nitrogens with one attached hydrogen (secondary N) is 3. The van der Waals surface area contributed by atoms with Crippen molar-refractivity contribution in [1.82, 2.24) is 16.1 Å². The second-order valence-corrected chi connectivity index (χ2v) is 10.5. The summed E-state index contributed by atoms with van der Waals surface area (Å²) in [7, 11) is 2.79. The molecule has 0 bridgehead atoms. The van der Waals surface area contributed by atoms with E-state index in [4.69, 9.17) is 28.4 Å². The van der Waals surface area contributed by atoms with Gasteiger partial charge in [0, 0.05) is 5.70 Å². The Labute approximate surface area is 284 Å². The highest BCUT2D eigenvalue weighted by molar-refractivity contribution is 5.95. The third kappa shape index (κ3) is 9.64. The van der Waals surface area contributed by atoms with Crippen molar-refractivity contribution < 1.29 is 47.9 Å². The molecular weight excluding hydrogens is 636 g/mol. The molecule has 0 aliphatic carbocycles. The van der Waals surface area contributed by atoms with Crippen LogP contribution >= 0.6 is 0 Å². The Morgan fingerprint density at radius 3 is 2.35 bits per heavy atom. The average Bonchev–Trinajstić information content (AvgIpc) is 3.10. The number of amides is 2. The van der Waals surface area contributed by atoms with Crippen LogP contribution in [0.3, 0.4) is 0 Å². The quantitative estimate of drug-likeness (QED) is 0.0748. The lowest BCUT2D eigenvalue weighted by Gasteiger charge is -2.28. The largest absolute Gasteiger partial charge is 0.493 e. The molecule has 4 N–H and O–H groups in total. The van der Waals surface area contributed by atoms with Crippen LogP contribution in [-0.4, -0.2) is 69.6 Å². The Morgan fingerprint density at radius 2 is 1.65 bits per heavy atom. The predicted molar refractivity (Wildman–Crippen MR) is 179 cm³/mol. The summed E-state index contributed by atoms with van der Waals surface area (Å²) >= 11 is 0. The molecular formula is C35H40N4O10. The summed E-state index contributed by atoms with van der Waals surface area (Å²) in [4.78, 5) is 36.5. The van der Waals surface area contributed by atoms with Crippen LogP contribution in [0.1, 0.15) is 53.9 Å². The molecule has 0 aromatic heterocycles. The summed E-state index contributed by atoms with van der Waals surface area (Å²) in [6.07, 6.45) is 0.330. The minimum absolute atomic E-state index is 0.176. The smallest absolute Gasteiger partial charge is 0.338 e. The minimum Gasteiger partial charge on any atom is -0.493 e. The number of allylic oxidation sites excluding steroid dienone is 1. The third-order valence-corrected chi connectivity index (χ3v) is 7.16. The Kier molecular flexibility index (Phi) is 12.8. The van der Waals surface area contributed by atoms with Gasteiger partial charge in [-0.05, 0) is 79.9 Å². The van der Waals surface area contributed by atoms with Gasteiger partial charge in [0.1, 0.15) is 13.2 Å². The monoisotopic (exact) mass is 676 g/mol. The molecule has 2 atom stereocenters. The first-order valence-corrected chi connectivity index (χ1v) is 15.5. The highest BCUT2D eigenvalue weighted by atomic mass is 16.5. The Hall–Kier alpha value is -5.76. The number of methoxy groups -OCH3 is 2. The fourth-order valence-corrected chi connectivity index (χ4v) is 4.82. The van der Waals surface area contributed by atoms with Crippen LogP contribution in [0.15, 0.2) is 77.0 Å². The number of esters is 2. The topological polar surface area (TPSA) is 175 Å². The predicted octanol–water partition coefficient (Wildman–Crippen LogP) is 3.97. The molecule has 3 aromatic rings. The molecule has 2 amide bonds. The molecule has 14 heteroatoms. The van der Waals surface area contributed by atoms with Crippen molar-refractivity contribution >= 4 is 24.2 Å². The standard InChI is InChI=1S/C35H40N4O10/c1-6-46-29-17-25(32-31(34(42)45-5)21(3)37-35(43)38-32)13-15-27(29)49-20-30(40)39-36-18-23-10-14-26(28(16-23)44-4)48-19-22-8-11-24(12-9-22)33(41)47-7-2/h8-18,30,32,39-40H,6-7,19-20H2,1-5H3,(H2,37,38,43)/b36-18+/t30-,32+/m1/s1. The Bertz CT molecular complexity index is 1690. The number of hydrogen-bond donors (Lipinski definition) is 4. The van der Waals surface area contributed by atoms with Crippen molar-refractivity contribution in [2.24, 2.45) is 5.10 Å². The van der Waals surface area contributed by atoms with Crippen LogP contribution in [0.4, 0.5) is 4.79 Å². The van der Waals surface area contributed by atoms with E-state index in [1.54, 1.807) is 81.4 Å². The second-order valence-electron chi connectivity index (χ2n) is 10.5. The van der Waals surface area contributed by atoms with E-state index in [1.807, 2.05) is 0 Å². The van der Waals surface area contributed by atoms with E-state index in [0.29, 0.717) is 58.6 Å². The number of hydrogen-bond acceptors (Lipinski definition) is 12. The Balaban J connectivity index is 1.33. The summed E-state index contributed by atoms with van der Waals surface area (Å²) in [6.45, 7) is 5.89. The summed E-state index contributed by atoms with van der Waals surface area (Å²) in [6, 6.07) is 16.0. The van der Waals surface area contributed by atoms with E-state index >= 15 is 0 Å². The van der Waals surface area contributed by atoms with E-state index in [9.17, 15) is 19.5 Å². The SMILES string of the molecule is CCOC(=O)c1ccc(COc2ccc(/C=N/N[C@H](O)COc3ccc([C@@H]4NC(=O)NC(C)=C4C(=O)OC)cc3OCC)cc2OC)cc1. The molecule has 0 radical (unpaired) electrons. The second kappa shape index (κ2) is 17.4. The maximum absolute atomic E-state index is 12.5. The maximum atomic E-state index is 12.5. The van der Waals surface area contributed by atoms with Crippen LogP contribution in [-0.2, 0) is 20.9 Å². The molecule has 3 aromatic carbocycles. The molecule has 260 valence electrons. The van der Waals surface area contributed by atoms with Crippen molar-refractivity contribution in [3.05, 3.63) is 94.2 Å². The van der Waals surface area contributed by atoms with Gasteiger partial charge in [0.25, 0.3) is 0 Å². The first-order valence-electron chi connectivity index (χ1n) is 15.5. The highest BCUT2D eigenvalue weighted by Crippen LogP contribution is 2.35. The van der Waals surface area contributed by atoms with Crippen LogP contribution in [0.2, 0.25) is 0 Å². The zero-order chi connectivity index (χ0) is 35.3. The lowest BCUT2D eigenvalue weighted by atomic mass is 9.95. The zero-order valence-electron chi connectivity index (χ0n) is 27.9. The molecule has 49 heavy (non-hydrogen) atoms. The van der Waals surface area contributed by atoms with E-state index in [1.165, 1.54) is 20.4 Å². The molecule has 14 nitrogen and oxygen atoms in total. The van der Waals surface area contributed by atoms with Crippen molar-refractivity contribution in [2.45, 2.75) is 39.6 Å². The molecule has 1 aliphatic rings. The average molecular weight is 677 g/mol. The van der Waals surface area contributed by atoms with Crippen LogP contribution in [0.5, 0.6) is 23.0 Å². The first-order chi connectivity index (χ1) is 23.7. The number of urea groups is 1. The molecule has 0 fully saturated rings. The molecule has 0 spiro atoms. The van der Waals surface area contributed by atoms with E-state index < -0.39 is 24.3 Å². The minimum atomic E-state index is -1.18. The number of ether oxygens (including phenoxy) is 6. The molecule has 0 saturated carbocycles. The summed E-state index contributed by atoms with van der Waals surface area (Å²) in [5.41, 5.74) is 5.84. The van der Waals surface area contributed by atoms with Crippen molar-refractivity contribution in [3.63, 3.8) is 0 Å². The van der Waals surface area contributed by atoms with Crippen LogP contribution in [0, 0.1) is 0 Å². The van der Waals surface area contributed by atoms with Gasteiger partial charge in [-0.3, -0.25) is 5.43 Å². The maximum Gasteiger partial charge on any atom is 0.338 e. The summed E-state index contributed by atoms with van der Waals surface area (Å²) in [5.74, 6) is 0.737. The Morgan fingerprint density at radius 1 is 0.918 bits per heavy atom. The number of carbonyl (C=O) groups excluding carboxylic acids is 3. The summed E-state index contributed by atoms with van der Waals surface area (Å²) in [5, 5.41) is 19.9. The summed E-state index contributed by atoms with van der Waals surface area (Å²) < 4.78 is 32.9. The normalized spacial score (nSPS) is 14.7. The molecule has 1 heterocycles. The number of aliphatic hydroxyl groups excluding tert-OH is 1. The number of aliphatic hydroxyl groups is 1. The van der Waals surface area contributed by atoms with Crippen molar-refractivity contribution in [2.75, 3.05) is 34.0 Å². The number of rotatable bonds is 16. The van der Waals surface area contributed by atoms with Crippen molar-refractivity contribution in [1.29, 1.82) is 0 Å². The fraction of sp³-hybridized carbons (Fsp3) is 0.314. The molecule has 4 rings (SSSR count). The number of carbonyl (C=O) groups is 3. The van der Waals surface area contributed by atoms with Crippen LogP contribution < -0.4 is 35.0 Å². The molecule has 0 unspecified atom stereocenters. The number of hydrazone groups is 1. The van der Waals surface area contributed by atoms with Gasteiger partial charge in [-0.2, -0.15) is 5.10 Å². The van der Waals surface area contributed by atoms with Gasteiger partial charge in [-0.25, -0.2) is 14.4 Å². The number of nitrogens with zero attached hydrogens (tertiary/aromatic N) is 1. The lowest BCUT2D eigenvalue weighted by Crippen LogP contribution is -2.45. The molecule has 1 aliphatic heterocycles. The van der Waals surface area contributed by atoms with E-state index in [2.05, 4.69) is 21.2 Å². The van der Waals surface area contributed by atoms with Gasteiger partial charge in [-0.15, -0.1) is 0 Å². The van der Waals surface area contributed by atoms with E-state index in [-0.39, 0.29) is 24.8 Å². The van der Waals surface area contributed by atoms with Gasteiger partial charge in [-0.1, -0.05) is 18.2 Å². The highest BCUT2D eigenvalue weighted by Gasteiger charge is 2.32. The van der Waals surface area contributed by atoms with Gasteiger partial charge < -0.3 is 44.2 Å². The third-order valence-electron chi connectivity index (χ3n) is 7.16. The van der Waals surface area contributed by atoms with Crippen molar-refractivity contribution in [3.8, 4) is 23.0 Å². The van der Waals surface area contributed by atoms with E-state index in [0.717, 1.165) is 5.56 Å². The van der Waals surface area contributed by atoms with Gasteiger partial charge in [0.05, 0.1) is 50.8 Å². The van der Waals surface area contributed by atoms with Gasteiger partial charge in [0.15, 0.2) is 29.2 Å². The first kappa shape index (κ1) is 36.1. The lowest BCUT2D eigenvalue weighted by molar-refractivity contribution is -0.136.